The molecule has 16 heavy (non-hydrogen) atoms. The summed E-state index contributed by atoms with van der Waals surface area (Å²) in [5.41, 5.74) is 2.74. The molecule has 0 amide bonds. The maximum absolute atomic E-state index is 3.60. The van der Waals surface area contributed by atoms with E-state index in [0.717, 1.165) is 12.5 Å². The van der Waals surface area contributed by atoms with Gasteiger partial charge < -0.3 is 10.2 Å². The van der Waals surface area contributed by atoms with Crippen molar-refractivity contribution in [2.75, 3.05) is 31.6 Å². The van der Waals surface area contributed by atoms with E-state index in [0.29, 0.717) is 0 Å². The average molecular weight is 283 g/mol. The first kappa shape index (κ1) is 11.9. The van der Waals surface area contributed by atoms with Gasteiger partial charge in [0.25, 0.3) is 0 Å². The van der Waals surface area contributed by atoms with Crippen LogP contribution in [-0.2, 0) is 0 Å². The van der Waals surface area contributed by atoms with Crippen LogP contribution < -0.4 is 10.2 Å². The molecule has 1 fully saturated rings. The fourth-order valence-corrected chi connectivity index (χ4v) is 2.80. The molecule has 1 aromatic carbocycles. The summed E-state index contributed by atoms with van der Waals surface area (Å²) in [4.78, 5) is 2.50. The van der Waals surface area contributed by atoms with Crippen LogP contribution in [0.15, 0.2) is 22.7 Å². The molecule has 0 aromatic heterocycles. The van der Waals surface area contributed by atoms with Crippen molar-refractivity contribution in [3.05, 3.63) is 28.2 Å². The highest BCUT2D eigenvalue weighted by Crippen LogP contribution is 2.30. The van der Waals surface area contributed by atoms with Crippen LogP contribution in [0.3, 0.4) is 0 Å². The van der Waals surface area contributed by atoms with Crippen LogP contribution >= 0.6 is 15.9 Å². The van der Waals surface area contributed by atoms with Gasteiger partial charge in [0.2, 0.25) is 0 Å². The summed E-state index contributed by atoms with van der Waals surface area (Å²) in [5.74, 6) is 0.795. The van der Waals surface area contributed by atoms with E-state index in [-0.39, 0.29) is 0 Å². The van der Waals surface area contributed by atoms with E-state index in [1.54, 1.807) is 0 Å². The average Bonchev–Trinajstić information content (AvgIpc) is 2.71. The lowest BCUT2D eigenvalue weighted by atomic mass is 10.1. The van der Waals surface area contributed by atoms with Crippen molar-refractivity contribution in [2.45, 2.75) is 13.3 Å². The minimum Gasteiger partial charge on any atom is -0.371 e. The summed E-state index contributed by atoms with van der Waals surface area (Å²) in [6, 6.07) is 6.46. The summed E-state index contributed by atoms with van der Waals surface area (Å²) in [6.45, 7) is 5.68. The molecular formula is C13H19BrN2. The van der Waals surface area contributed by atoms with Gasteiger partial charge in [-0.15, -0.1) is 0 Å². The predicted molar refractivity (Wildman–Crippen MR) is 73.1 cm³/mol. The Morgan fingerprint density at radius 2 is 2.31 bits per heavy atom. The molecule has 0 saturated carbocycles. The number of benzene rings is 1. The Kier molecular flexibility index (Phi) is 3.87. The van der Waals surface area contributed by atoms with Gasteiger partial charge in [0.05, 0.1) is 0 Å². The van der Waals surface area contributed by atoms with Crippen molar-refractivity contribution in [3.8, 4) is 0 Å². The number of hydrogen-bond donors (Lipinski definition) is 1. The highest BCUT2D eigenvalue weighted by atomic mass is 79.9. The lowest BCUT2D eigenvalue weighted by Gasteiger charge is -2.21. The van der Waals surface area contributed by atoms with Crippen LogP contribution in [0.4, 0.5) is 5.69 Å². The molecule has 1 saturated heterocycles. The lowest BCUT2D eigenvalue weighted by Crippen LogP contribution is -2.24. The second-order valence-electron chi connectivity index (χ2n) is 4.54. The molecule has 1 unspecified atom stereocenters. The van der Waals surface area contributed by atoms with Gasteiger partial charge in [0, 0.05) is 23.2 Å². The zero-order valence-electron chi connectivity index (χ0n) is 9.96. The predicted octanol–water partition coefficient (Wildman–Crippen LogP) is 2.80. The smallest absolute Gasteiger partial charge is 0.0407 e. The Labute approximate surface area is 106 Å². The van der Waals surface area contributed by atoms with Gasteiger partial charge in [-0.25, -0.2) is 0 Å². The third-order valence-electron chi connectivity index (χ3n) is 3.36. The lowest BCUT2D eigenvalue weighted by molar-refractivity contribution is 0.549. The van der Waals surface area contributed by atoms with Crippen LogP contribution in [0.2, 0.25) is 0 Å². The number of nitrogens with zero attached hydrogens (tertiary/aromatic N) is 1. The van der Waals surface area contributed by atoms with Gasteiger partial charge in [-0.2, -0.15) is 0 Å². The quantitative estimate of drug-likeness (QED) is 0.917. The summed E-state index contributed by atoms with van der Waals surface area (Å²) < 4.78 is 1.21. The molecule has 1 aliphatic heterocycles. The molecule has 0 radical (unpaired) electrons. The van der Waals surface area contributed by atoms with Gasteiger partial charge in [0.15, 0.2) is 0 Å². The molecule has 0 aliphatic carbocycles. The van der Waals surface area contributed by atoms with Crippen LogP contribution in [-0.4, -0.2) is 26.7 Å². The Morgan fingerprint density at radius 1 is 1.50 bits per heavy atom. The molecule has 1 N–H and O–H groups in total. The molecule has 2 nitrogen and oxygen atoms in total. The zero-order valence-corrected chi connectivity index (χ0v) is 11.5. The van der Waals surface area contributed by atoms with E-state index in [4.69, 9.17) is 0 Å². The molecule has 1 atom stereocenters. The van der Waals surface area contributed by atoms with E-state index in [2.05, 4.69) is 51.3 Å². The van der Waals surface area contributed by atoms with Crippen LogP contribution in [0.25, 0.3) is 0 Å². The van der Waals surface area contributed by atoms with Crippen LogP contribution in [0.1, 0.15) is 12.0 Å². The van der Waals surface area contributed by atoms with Crippen molar-refractivity contribution in [3.63, 3.8) is 0 Å². The Hall–Kier alpha value is -0.540. The monoisotopic (exact) mass is 282 g/mol. The van der Waals surface area contributed by atoms with E-state index in [9.17, 15) is 0 Å². The Bertz CT molecular complexity index is 365. The standard InChI is InChI=1S/C13H19BrN2/c1-10-12(14)4-3-5-13(10)16-7-6-11(9-16)8-15-2/h3-5,11,15H,6-9H2,1-2H3. The first-order chi connectivity index (χ1) is 7.72. The van der Waals surface area contributed by atoms with Gasteiger partial charge in [-0.05, 0) is 50.6 Å². The molecule has 1 heterocycles. The third-order valence-corrected chi connectivity index (χ3v) is 4.22. The topological polar surface area (TPSA) is 15.3 Å². The fraction of sp³-hybridized carbons (Fsp3) is 0.538. The molecule has 0 bridgehead atoms. The molecular weight excluding hydrogens is 264 g/mol. The molecule has 2 rings (SSSR count). The largest absolute Gasteiger partial charge is 0.371 e. The van der Waals surface area contributed by atoms with Crippen molar-refractivity contribution >= 4 is 21.6 Å². The second kappa shape index (κ2) is 5.19. The molecule has 3 heteroatoms. The van der Waals surface area contributed by atoms with E-state index < -0.39 is 0 Å². The van der Waals surface area contributed by atoms with E-state index >= 15 is 0 Å². The molecule has 1 aromatic rings. The summed E-state index contributed by atoms with van der Waals surface area (Å²) in [6.07, 6.45) is 1.30. The van der Waals surface area contributed by atoms with Crippen molar-refractivity contribution in [1.29, 1.82) is 0 Å². The van der Waals surface area contributed by atoms with Crippen LogP contribution in [0, 0.1) is 12.8 Å². The minimum absolute atomic E-state index is 0.795. The van der Waals surface area contributed by atoms with Crippen molar-refractivity contribution in [1.82, 2.24) is 5.32 Å². The minimum atomic E-state index is 0.795. The molecule has 1 aliphatic rings. The number of rotatable bonds is 3. The molecule has 88 valence electrons. The maximum Gasteiger partial charge on any atom is 0.0407 e. The SMILES string of the molecule is CNCC1CCN(c2cccc(Br)c2C)C1. The van der Waals surface area contributed by atoms with E-state index in [1.165, 1.54) is 35.2 Å². The third kappa shape index (κ3) is 2.41. The highest BCUT2D eigenvalue weighted by molar-refractivity contribution is 9.10. The molecule has 0 spiro atoms. The fourth-order valence-electron chi connectivity index (χ4n) is 2.45. The summed E-state index contributed by atoms with van der Waals surface area (Å²) in [5, 5.41) is 3.27. The number of hydrogen-bond acceptors (Lipinski definition) is 2. The van der Waals surface area contributed by atoms with Crippen LogP contribution in [0.5, 0.6) is 0 Å². The summed E-state index contributed by atoms with van der Waals surface area (Å²) in [7, 11) is 2.03. The van der Waals surface area contributed by atoms with Gasteiger partial charge in [-0.3, -0.25) is 0 Å². The normalized spacial score (nSPS) is 20.4. The number of nitrogens with one attached hydrogen (secondary N) is 1. The first-order valence-electron chi connectivity index (χ1n) is 5.87. The zero-order chi connectivity index (χ0) is 11.5. The first-order valence-corrected chi connectivity index (χ1v) is 6.66. The van der Waals surface area contributed by atoms with Crippen molar-refractivity contribution in [2.24, 2.45) is 5.92 Å². The summed E-state index contributed by atoms with van der Waals surface area (Å²) >= 11 is 3.60. The van der Waals surface area contributed by atoms with Crippen molar-refractivity contribution < 1.29 is 0 Å². The van der Waals surface area contributed by atoms with Gasteiger partial charge in [-0.1, -0.05) is 22.0 Å². The number of halogens is 1. The highest BCUT2D eigenvalue weighted by Gasteiger charge is 2.23. The van der Waals surface area contributed by atoms with E-state index in [1.807, 2.05) is 7.05 Å². The second-order valence-corrected chi connectivity index (χ2v) is 5.40. The number of anilines is 1. The van der Waals surface area contributed by atoms with Gasteiger partial charge in [0.1, 0.15) is 0 Å². The Morgan fingerprint density at radius 3 is 3.06 bits per heavy atom. The Balaban J connectivity index is 2.11. The van der Waals surface area contributed by atoms with Gasteiger partial charge >= 0.3 is 0 Å². The maximum atomic E-state index is 3.60.